The van der Waals surface area contributed by atoms with Gasteiger partial charge in [0.2, 0.25) is 0 Å². The van der Waals surface area contributed by atoms with E-state index in [4.69, 9.17) is 9.47 Å². The SMILES string of the molecule is CCCCCCCCNC(=O)[C@H](O)[C@@H](O)[C@H](O[C@H]1O[C@H](CO)[C@@H](O)[C@H](O)[C@H]1O)[C@H](O)CO. The largest absolute Gasteiger partial charge is 0.394 e. The number of carbonyl (C=O) groups is 1. The van der Waals surface area contributed by atoms with E-state index in [9.17, 15) is 45.6 Å². The lowest BCUT2D eigenvalue weighted by atomic mass is 9.98. The van der Waals surface area contributed by atoms with Gasteiger partial charge in [-0.3, -0.25) is 4.79 Å². The van der Waals surface area contributed by atoms with Crippen molar-refractivity contribution in [1.82, 2.24) is 5.32 Å². The number of ether oxygens (including phenoxy) is 2. The highest BCUT2D eigenvalue weighted by atomic mass is 16.7. The van der Waals surface area contributed by atoms with Crippen molar-refractivity contribution < 1.29 is 55.1 Å². The number of hydrogen-bond acceptors (Lipinski definition) is 11. The Balaban J connectivity index is 2.68. The van der Waals surface area contributed by atoms with Gasteiger partial charge in [0.15, 0.2) is 12.4 Å². The second-order valence-electron chi connectivity index (χ2n) is 8.04. The van der Waals surface area contributed by atoms with Gasteiger partial charge in [0.05, 0.1) is 13.2 Å². The molecule has 1 rings (SSSR count). The molecule has 0 bridgehead atoms. The van der Waals surface area contributed by atoms with Crippen molar-refractivity contribution in [2.45, 2.75) is 101 Å². The molecule has 1 saturated heterocycles. The Bertz CT molecular complexity index is 524. The first kappa shape index (κ1) is 29.1. The summed E-state index contributed by atoms with van der Waals surface area (Å²) >= 11 is 0. The van der Waals surface area contributed by atoms with Gasteiger partial charge in [-0.25, -0.2) is 0 Å². The Kier molecular flexibility index (Phi) is 13.7. The fraction of sp³-hybridized carbons (Fsp3) is 0.950. The first-order chi connectivity index (χ1) is 15.2. The second-order valence-corrected chi connectivity index (χ2v) is 8.04. The number of unbranched alkanes of at least 4 members (excludes halogenated alkanes) is 5. The van der Waals surface area contributed by atoms with E-state index in [0.29, 0.717) is 6.42 Å². The molecule has 12 heteroatoms. The second kappa shape index (κ2) is 15.1. The molecular formula is C20H39NO11. The van der Waals surface area contributed by atoms with E-state index in [2.05, 4.69) is 12.2 Å². The first-order valence-electron chi connectivity index (χ1n) is 11.1. The van der Waals surface area contributed by atoms with Crippen LogP contribution < -0.4 is 5.32 Å². The number of amides is 1. The van der Waals surface area contributed by atoms with Gasteiger partial charge in [0.1, 0.15) is 42.7 Å². The molecule has 0 aromatic rings. The van der Waals surface area contributed by atoms with Crippen LogP contribution in [0.4, 0.5) is 0 Å². The number of hydrogen-bond donors (Lipinski definition) is 9. The third kappa shape index (κ3) is 8.45. The topological polar surface area (TPSA) is 209 Å². The summed E-state index contributed by atoms with van der Waals surface area (Å²) in [4.78, 5) is 12.2. The molecule has 0 unspecified atom stereocenters. The van der Waals surface area contributed by atoms with Gasteiger partial charge in [0, 0.05) is 6.54 Å². The van der Waals surface area contributed by atoms with Gasteiger partial charge in [0.25, 0.3) is 5.91 Å². The molecule has 12 nitrogen and oxygen atoms in total. The minimum atomic E-state index is -2.04. The van der Waals surface area contributed by atoms with Gasteiger partial charge in [-0.15, -0.1) is 0 Å². The van der Waals surface area contributed by atoms with E-state index < -0.39 is 74.2 Å². The normalized spacial score (nSPS) is 29.8. The molecule has 190 valence electrons. The van der Waals surface area contributed by atoms with E-state index in [1.165, 1.54) is 0 Å². The van der Waals surface area contributed by atoms with Crippen LogP contribution in [0.3, 0.4) is 0 Å². The molecule has 1 aliphatic heterocycles. The lowest BCUT2D eigenvalue weighted by Crippen LogP contribution is -2.62. The molecule has 0 saturated carbocycles. The molecule has 1 fully saturated rings. The fourth-order valence-corrected chi connectivity index (χ4v) is 3.39. The Labute approximate surface area is 187 Å². The van der Waals surface area contributed by atoms with Crippen molar-refractivity contribution in [3.05, 3.63) is 0 Å². The summed E-state index contributed by atoms with van der Waals surface area (Å²) in [6.07, 6.45) is -10.0. The summed E-state index contributed by atoms with van der Waals surface area (Å²) in [6, 6.07) is 0. The van der Waals surface area contributed by atoms with Crippen molar-refractivity contribution in [1.29, 1.82) is 0 Å². The van der Waals surface area contributed by atoms with Gasteiger partial charge in [-0.05, 0) is 6.42 Å². The predicted octanol–water partition coefficient (Wildman–Crippen LogP) is -3.28. The Morgan fingerprint density at radius 1 is 0.969 bits per heavy atom. The van der Waals surface area contributed by atoms with Gasteiger partial charge in [-0.1, -0.05) is 39.0 Å². The highest BCUT2D eigenvalue weighted by molar-refractivity contribution is 5.81. The zero-order chi connectivity index (χ0) is 24.3. The van der Waals surface area contributed by atoms with Crippen molar-refractivity contribution >= 4 is 5.91 Å². The Morgan fingerprint density at radius 3 is 2.19 bits per heavy atom. The maximum Gasteiger partial charge on any atom is 0.251 e. The predicted molar refractivity (Wildman–Crippen MR) is 110 cm³/mol. The molecule has 9 N–H and O–H groups in total. The summed E-state index contributed by atoms with van der Waals surface area (Å²) in [5, 5.41) is 81.3. The monoisotopic (exact) mass is 469 g/mol. The third-order valence-corrected chi connectivity index (χ3v) is 5.46. The van der Waals surface area contributed by atoms with Crippen molar-refractivity contribution in [3.63, 3.8) is 0 Å². The highest BCUT2D eigenvalue weighted by Crippen LogP contribution is 2.25. The minimum Gasteiger partial charge on any atom is -0.394 e. The fourth-order valence-electron chi connectivity index (χ4n) is 3.39. The average Bonchev–Trinajstić information content (AvgIpc) is 2.80. The van der Waals surface area contributed by atoms with Crippen LogP contribution in [0.1, 0.15) is 45.4 Å². The van der Waals surface area contributed by atoms with Gasteiger partial charge >= 0.3 is 0 Å². The van der Waals surface area contributed by atoms with Crippen molar-refractivity contribution in [2.24, 2.45) is 0 Å². The van der Waals surface area contributed by atoms with Crippen molar-refractivity contribution in [2.75, 3.05) is 19.8 Å². The van der Waals surface area contributed by atoms with Crippen LogP contribution in [0.25, 0.3) is 0 Å². The molecule has 0 aromatic carbocycles. The number of nitrogens with one attached hydrogen (secondary N) is 1. The summed E-state index contributed by atoms with van der Waals surface area (Å²) in [5.74, 6) is -0.918. The quantitative estimate of drug-likeness (QED) is 0.109. The van der Waals surface area contributed by atoms with Gasteiger partial charge < -0.3 is 55.6 Å². The molecule has 9 atom stereocenters. The van der Waals surface area contributed by atoms with E-state index in [1.54, 1.807) is 0 Å². The molecule has 0 aliphatic carbocycles. The van der Waals surface area contributed by atoms with E-state index in [1.807, 2.05) is 0 Å². The Hall–Kier alpha value is -0.930. The molecule has 32 heavy (non-hydrogen) atoms. The van der Waals surface area contributed by atoms with Crippen LogP contribution in [-0.2, 0) is 14.3 Å². The Morgan fingerprint density at radius 2 is 1.59 bits per heavy atom. The molecule has 1 amide bonds. The zero-order valence-electron chi connectivity index (χ0n) is 18.4. The molecule has 1 heterocycles. The van der Waals surface area contributed by atoms with E-state index in [0.717, 1.165) is 32.1 Å². The van der Waals surface area contributed by atoms with Gasteiger partial charge in [-0.2, -0.15) is 0 Å². The summed E-state index contributed by atoms with van der Waals surface area (Å²) in [5.41, 5.74) is 0. The maximum absolute atomic E-state index is 12.2. The van der Waals surface area contributed by atoms with Crippen LogP contribution in [-0.4, -0.2) is 122 Å². The highest BCUT2D eigenvalue weighted by Gasteiger charge is 2.47. The van der Waals surface area contributed by atoms with Crippen LogP contribution in [0, 0.1) is 0 Å². The molecular weight excluding hydrogens is 430 g/mol. The van der Waals surface area contributed by atoms with Crippen LogP contribution in [0.2, 0.25) is 0 Å². The van der Waals surface area contributed by atoms with Crippen LogP contribution >= 0.6 is 0 Å². The van der Waals surface area contributed by atoms with Crippen LogP contribution in [0.15, 0.2) is 0 Å². The summed E-state index contributed by atoms with van der Waals surface area (Å²) in [6.45, 7) is 0.722. The lowest BCUT2D eigenvalue weighted by molar-refractivity contribution is -0.326. The molecule has 0 aromatic heterocycles. The van der Waals surface area contributed by atoms with E-state index in [-0.39, 0.29) is 6.54 Å². The number of aliphatic hydroxyl groups excluding tert-OH is 8. The average molecular weight is 470 g/mol. The summed E-state index contributed by atoms with van der Waals surface area (Å²) < 4.78 is 10.4. The zero-order valence-corrected chi connectivity index (χ0v) is 18.4. The lowest BCUT2D eigenvalue weighted by Gasteiger charge is -2.42. The molecule has 0 radical (unpaired) electrons. The molecule has 1 aliphatic rings. The van der Waals surface area contributed by atoms with E-state index >= 15 is 0 Å². The number of carbonyl (C=O) groups excluding carboxylic acids is 1. The maximum atomic E-state index is 12.2. The summed E-state index contributed by atoms with van der Waals surface area (Å²) in [7, 11) is 0. The number of aliphatic hydroxyl groups is 8. The first-order valence-corrected chi connectivity index (χ1v) is 11.1. The molecule has 0 spiro atoms. The standard InChI is InChI=1S/C20H39NO11/c1-2-3-4-5-6-7-8-21-19(30)16(28)15(27)18(11(24)9-22)32-20-17(29)14(26)13(25)12(10-23)31-20/h11-18,20,22-29H,2-10H2,1H3,(H,21,30)/t11-,12-,13-,14+,15-,16-,17-,18-,20-/m1/s1. The minimum absolute atomic E-state index is 0.273. The smallest absolute Gasteiger partial charge is 0.251 e. The van der Waals surface area contributed by atoms with Crippen LogP contribution in [0.5, 0.6) is 0 Å². The number of rotatable bonds is 15. The third-order valence-electron chi connectivity index (χ3n) is 5.46. The van der Waals surface area contributed by atoms with Crippen molar-refractivity contribution in [3.8, 4) is 0 Å².